The first-order valence-corrected chi connectivity index (χ1v) is 6.44. The lowest BCUT2D eigenvalue weighted by Crippen LogP contribution is -2.17. The summed E-state index contributed by atoms with van der Waals surface area (Å²) in [5.41, 5.74) is 0.808. The zero-order chi connectivity index (χ0) is 14.0. The van der Waals surface area contributed by atoms with E-state index >= 15 is 0 Å². The van der Waals surface area contributed by atoms with E-state index < -0.39 is 17.7 Å². The molecular formula is C14H18FNO3. The number of carboxylic acid groups (broad SMARTS) is 1. The van der Waals surface area contributed by atoms with Crippen LogP contribution >= 0.6 is 0 Å². The first kappa shape index (κ1) is 13.8. The van der Waals surface area contributed by atoms with Gasteiger partial charge in [-0.15, -0.1) is 0 Å². The molecule has 5 heteroatoms. The second-order valence-corrected chi connectivity index (χ2v) is 5.10. The van der Waals surface area contributed by atoms with Gasteiger partial charge in [0, 0.05) is 17.3 Å². The number of benzene rings is 1. The van der Waals surface area contributed by atoms with Crippen LogP contribution in [-0.2, 0) is 4.79 Å². The molecule has 1 aromatic carbocycles. The predicted molar refractivity (Wildman–Crippen MR) is 69.7 cm³/mol. The molecule has 4 nitrogen and oxygen atoms in total. The van der Waals surface area contributed by atoms with Gasteiger partial charge < -0.3 is 15.5 Å². The van der Waals surface area contributed by atoms with E-state index in [0.717, 1.165) is 12.8 Å². The first-order chi connectivity index (χ1) is 8.97. The van der Waals surface area contributed by atoms with E-state index in [4.69, 9.17) is 5.11 Å². The largest absolute Gasteiger partial charge is 0.481 e. The van der Waals surface area contributed by atoms with Crippen molar-refractivity contribution in [3.8, 4) is 0 Å². The maximum Gasteiger partial charge on any atom is 0.310 e. The van der Waals surface area contributed by atoms with Crippen LogP contribution in [0.3, 0.4) is 0 Å². The summed E-state index contributed by atoms with van der Waals surface area (Å²) in [4.78, 5) is 10.8. The van der Waals surface area contributed by atoms with Gasteiger partial charge in [-0.1, -0.05) is 6.07 Å². The second kappa shape index (κ2) is 5.57. The summed E-state index contributed by atoms with van der Waals surface area (Å²) in [6.45, 7) is 1.46. The normalized spacial score (nSPS) is 24.2. The van der Waals surface area contributed by atoms with E-state index in [-0.39, 0.29) is 17.7 Å². The number of rotatable bonds is 4. The summed E-state index contributed by atoms with van der Waals surface area (Å²) in [5, 5.41) is 21.5. The van der Waals surface area contributed by atoms with Gasteiger partial charge in [0.15, 0.2) is 0 Å². The molecule has 1 fully saturated rings. The molecule has 0 amide bonds. The summed E-state index contributed by atoms with van der Waals surface area (Å²) in [7, 11) is 0. The van der Waals surface area contributed by atoms with Crippen molar-refractivity contribution in [2.24, 2.45) is 0 Å². The van der Waals surface area contributed by atoms with Gasteiger partial charge >= 0.3 is 5.97 Å². The number of halogens is 1. The minimum absolute atomic E-state index is 0.150. The highest BCUT2D eigenvalue weighted by molar-refractivity contribution is 5.75. The SMILES string of the molecule is CC(C(=O)O)c1ccc(N[C@H]2CC[C@H](O)C2)cc1F. The van der Waals surface area contributed by atoms with Crippen LogP contribution in [0.5, 0.6) is 0 Å². The van der Waals surface area contributed by atoms with Crippen LogP contribution in [-0.4, -0.2) is 28.3 Å². The quantitative estimate of drug-likeness (QED) is 0.783. The van der Waals surface area contributed by atoms with Gasteiger partial charge in [0.05, 0.1) is 12.0 Å². The van der Waals surface area contributed by atoms with Gasteiger partial charge in [-0.2, -0.15) is 0 Å². The Labute approximate surface area is 111 Å². The van der Waals surface area contributed by atoms with Gasteiger partial charge in [-0.05, 0) is 38.3 Å². The smallest absolute Gasteiger partial charge is 0.310 e. The van der Waals surface area contributed by atoms with Gasteiger partial charge in [0.1, 0.15) is 5.82 Å². The Morgan fingerprint density at radius 2 is 2.21 bits per heavy atom. The molecule has 1 aromatic rings. The number of nitrogens with one attached hydrogen (secondary N) is 1. The molecule has 0 bridgehead atoms. The second-order valence-electron chi connectivity index (χ2n) is 5.10. The van der Waals surface area contributed by atoms with Crippen LogP contribution in [0.4, 0.5) is 10.1 Å². The van der Waals surface area contributed by atoms with E-state index in [1.165, 1.54) is 19.1 Å². The molecule has 0 aromatic heterocycles. The van der Waals surface area contributed by atoms with Crippen molar-refractivity contribution in [2.45, 2.75) is 44.2 Å². The lowest BCUT2D eigenvalue weighted by molar-refractivity contribution is -0.138. The maximum absolute atomic E-state index is 13.9. The van der Waals surface area contributed by atoms with E-state index in [1.54, 1.807) is 6.07 Å². The van der Waals surface area contributed by atoms with Gasteiger partial charge in [-0.3, -0.25) is 4.79 Å². The molecule has 1 aliphatic rings. The zero-order valence-corrected chi connectivity index (χ0v) is 10.8. The molecule has 19 heavy (non-hydrogen) atoms. The molecule has 2 rings (SSSR count). The molecule has 0 radical (unpaired) electrons. The highest BCUT2D eigenvalue weighted by Crippen LogP contribution is 2.26. The molecule has 1 saturated carbocycles. The average molecular weight is 267 g/mol. The van der Waals surface area contributed by atoms with Crippen molar-refractivity contribution in [2.75, 3.05) is 5.32 Å². The number of anilines is 1. The number of carboxylic acids is 1. The highest BCUT2D eigenvalue weighted by atomic mass is 19.1. The standard InChI is InChI=1S/C14H18FNO3/c1-8(14(18)19)12-5-3-10(7-13(12)15)16-9-2-4-11(17)6-9/h3,5,7-9,11,16-17H,2,4,6H2,1H3,(H,18,19)/t8?,9-,11-/m0/s1. The van der Waals surface area contributed by atoms with E-state index in [1.807, 2.05) is 0 Å². The minimum Gasteiger partial charge on any atom is -0.481 e. The van der Waals surface area contributed by atoms with Crippen LogP contribution in [0.15, 0.2) is 18.2 Å². The highest BCUT2D eigenvalue weighted by Gasteiger charge is 2.23. The molecule has 3 atom stereocenters. The summed E-state index contributed by atoms with van der Waals surface area (Å²) in [5.74, 6) is -2.42. The number of aliphatic hydroxyl groups is 1. The maximum atomic E-state index is 13.9. The van der Waals surface area contributed by atoms with Crippen LogP contribution in [0.1, 0.15) is 37.7 Å². The van der Waals surface area contributed by atoms with E-state index in [9.17, 15) is 14.3 Å². The Kier molecular flexibility index (Phi) is 4.04. The minimum atomic E-state index is -1.04. The number of aliphatic carboxylic acids is 1. The van der Waals surface area contributed by atoms with Crippen molar-refractivity contribution in [1.82, 2.24) is 0 Å². The first-order valence-electron chi connectivity index (χ1n) is 6.44. The predicted octanol–water partition coefficient (Wildman–Crippen LogP) is 2.34. The topological polar surface area (TPSA) is 69.6 Å². The molecule has 1 unspecified atom stereocenters. The Hall–Kier alpha value is -1.62. The van der Waals surface area contributed by atoms with Crippen molar-refractivity contribution < 1.29 is 19.4 Å². The third-order valence-electron chi connectivity index (χ3n) is 3.61. The molecule has 1 aliphatic carbocycles. The number of carbonyl (C=O) groups is 1. The fourth-order valence-electron chi connectivity index (χ4n) is 2.43. The number of aliphatic hydroxyl groups excluding tert-OH is 1. The monoisotopic (exact) mass is 267 g/mol. The molecule has 0 saturated heterocycles. The van der Waals surface area contributed by atoms with E-state index in [0.29, 0.717) is 12.1 Å². The molecule has 104 valence electrons. The Morgan fingerprint density at radius 3 is 2.74 bits per heavy atom. The molecule has 0 heterocycles. The van der Waals surface area contributed by atoms with Crippen LogP contribution < -0.4 is 5.32 Å². The van der Waals surface area contributed by atoms with Crippen molar-refractivity contribution >= 4 is 11.7 Å². The van der Waals surface area contributed by atoms with Crippen molar-refractivity contribution in [1.29, 1.82) is 0 Å². The lowest BCUT2D eigenvalue weighted by Gasteiger charge is -2.15. The summed E-state index contributed by atoms with van der Waals surface area (Å²) < 4.78 is 13.9. The van der Waals surface area contributed by atoms with Gasteiger partial charge in [0.2, 0.25) is 0 Å². The van der Waals surface area contributed by atoms with Gasteiger partial charge in [-0.25, -0.2) is 4.39 Å². The fraction of sp³-hybridized carbons (Fsp3) is 0.500. The average Bonchev–Trinajstić information content (AvgIpc) is 2.74. The van der Waals surface area contributed by atoms with Gasteiger partial charge in [0.25, 0.3) is 0 Å². The van der Waals surface area contributed by atoms with Crippen LogP contribution in [0.25, 0.3) is 0 Å². The molecule has 3 N–H and O–H groups in total. The fourth-order valence-corrected chi connectivity index (χ4v) is 2.43. The molecule has 0 aliphatic heterocycles. The summed E-state index contributed by atoms with van der Waals surface area (Å²) >= 11 is 0. The summed E-state index contributed by atoms with van der Waals surface area (Å²) in [6.07, 6.45) is 1.99. The molecule has 0 spiro atoms. The van der Waals surface area contributed by atoms with Crippen molar-refractivity contribution in [3.63, 3.8) is 0 Å². The third kappa shape index (κ3) is 3.23. The third-order valence-corrected chi connectivity index (χ3v) is 3.61. The zero-order valence-electron chi connectivity index (χ0n) is 10.8. The van der Waals surface area contributed by atoms with Crippen LogP contribution in [0, 0.1) is 5.82 Å². The van der Waals surface area contributed by atoms with E-state index in [2.05, 4.69) is 5.32 Å². The molecular weight excluding hydrogens is 249 g/mol. The number of hydrogen-bond donors (Lipinski definition) is 3. The Morgan fingerprint density at radius 1 is 1.47 bits per heavy atom. The summed E-state index contributed by atoms with van der Waals surface area (Å²) in [6, 6.07) is 4.65. The van der Waals surface area contributed by atoms with Crippen molar-refractivity contribution in [3.05, 3.63) is 29.6 Å². The lowest BCUT2D eigenvalue weighted by atomic mass is 10.0. The van der Waals surface area contributed by atoms with Crippen LogP contribution in [0.2, 0.25) is 0 Å². The number of hydrogen-bond acceptors (Lipinski definition) is 3. The Balaban J connectivity index is 2.08. The Bertz CT molecular complexity index is 478.